The summed E-state index contributed by atoms with van der Waals surface area (Å²) in [5.74, 6) is 0. The summed E-state index contributed by atoms with van der Waals surface area (Å²) in [4.78, 5) is 0.330. The van der Waals surface area contributed by atoms with Crippen LogP contribution in [0.15, 0.2) is 53.6 Å². The summed E-state index contributed by atoms with van der Waals surface area (Å²) in [6, 6.07) is 13.0. The van der Waals surface area contributed by atoms with Crippen LogP contribution in [0.3, 0.4) is 0 Å². The van der Waals surface area contributed by atoms with Gasteiger partial charge in [0.1, 0.15) is 0 Å². The van der Waals surface area contributed by atoms with Crippen LogP contribution in [0.2, 0.25) is 0 Å². The Morgan fingerprint density at radius 1 is 1.17 bits per heavy atom. The number of sulfone groups is 1. The van der Waals surface area contributed by atoms with E-state index in [1.807, 2.05) is 44.3 Å². The van der Waals surface area contributed by atoms with Gasteiger partial charge in [0.05, 0.1) is 23.1 Å². The topological polar surface area (TPSA) is 59.3 Å². The number of aliphatic hydroxyl groups excluding tert-OH is 1. The van der Waals surface area contributed by atoms with Gasteiger partial charge in [-0.15, -0.1) is 0 Å². The molecule has 0 saturated carbocycles. The maximum atomic E-state index is 11.8. The predicted octanol–water partition coefficient (Wildman–Crippen LogP) is 3.45. The van der Waals surface area contributed by atoms with Crippen LogP contribution >= 0.6 is 0 Å². The zero-order valence-electron chi connectivity index (χ0n) is 14.0. The first-order valence-corrected chi connectivity index (χ1v) is 9.72. The smallest absolute Gasteiger partial charge is 0.175 e. The predicted molar refractivity (Wildman–Crippen MR) is 96.0 cm³/mol. The molecule has 0 spiro atoms. The number of aromatic nitrogens is 1. The van der Waals surface area contributed by atoms with Gasteiger partial charge in [-0.1, -0.05) is 24.3 Å². The molecule has 1 heterocycles. The molecule has 24 heavy (non-hydrogen) atoms. The van der Waals surface area contributed by atoms with Crippen molar-refractivity contribution >= 4 is 20.7 Å². The van der Waals surface area contributed by atoms with Gasteiger partial charge in [0.15, 0.2) is 9.84 Å². The molecule has 4 nitrogen and oxygen atoms in total. The molecule has 2 aromatic carbocycles. The summed E-state index contributed by atoms with van der Waals surface area (Å²) in [6.07, 6.45) is 3.23. The fourth-order valence-corrected chi connectivity index (χ4v) is 3.81. The average molecular weight is 343 g/mol. The van der Waals surface area contributed by atoms with E-state index in [0.717, 1.165) is 27.6 Å². The van der Waals surface area contributed by atoms with Crippen molar-refractivity contribution in [2.75, 3.05) is 6.26 Å². The summed E-state index contributed by atoms with van der Waals surface area (Å²) >= 11 is 0. The number of benzene rings is 2. The Morgan fingerprint density at radius 2 is 1.92 bits per heavy atom. The molecule has 1 unspecified atom stereocenters. The third kappa shape index (κ3) is 2.85. The molecule has 0 aliphatic heterocycles. The minimum atomic E-state index is -3.23. The third-order valence-corrected chi connectivity index (χ3v) is 5.71. The Hall–Kier alpha value is -2.11. The Labute approximate surface area is 142 Å². The standard InChI is InChI=1S/C19H21NO3S/c1-13-17(12-21)8-7-15-9-10-20(19(13)15)14(2)16-5-4-6-18(11-16)24(3,22)23/h4-11,14,21H,12H2,1-3H3. The van der Waals surface area contributed by atoms with Crippen LogP contribution < -0.4 is 0 Å². The van der Waals surface area contributed by atoms with Crippen molar-refractivity contribution in [1.29, 1.82) is 0 Å². The van der Waals surface area contributed by atoms with E-state index in [1.165, 1.54) is 6.26 Å². The molecule has 1 atom stereocenters. The summed E-state index contributed by atoms with van der Waals surface area (Å²) in [5.41, 5.74) is 3.95. The van der Waals surface area contributed by atoms with Crippen LogP contribution in [0.1, 0.15) is 29.7 Å². The van der Waals surface area contributed by atoms with Crippen LogP contribution in [0, 0.1) is 6.92 Å². The van der Waals surface area contributed by atoms with E-state index < -0.39 is 9.84 Å². The van der Waals surface area contributed by atoms with Gasteiger partial charge in [-0.05, 0) is 54.1 Å². The van der Waals surface area contributed by atoms with Gasteiger partial charge in [-0.2, -0.15) is 0 Å². The SMILES string of the molecule is Cc1c(CO)ccc2ccn(C(C)c3cccc(S(C)(=O)=O)c3)c12. The number of hydrogen-bond acceptors (Lipinski definition) is 3. The maximum Gasteiger partial charge on any atom is 0.175 e. The van der Waals surface area contributed by atoms with E-state index in [9.17, 15) is 13.5 Å². The first-order valence-electron chi connectivity index (χ1n) is 7.83. The van der Waals surface area contributed by atoms with Gasteiger partial charge in [0, 0.05) is 12.5 Å². The van der Waals surface area contributed by atoms with Gasteiger partial charge in [-0.25, -0.2) is 8.42 Å². The molecule has 0 radical (unpaired) electrons. The highest BCUT2D eigenvalue weighted by atomic mass is 32.2. The lowest BCUT2D eigenvalue weighted by atomic mass is 10.0. The van der Waals surface area contributed by atoms with Crippen molar-refractivity contribution in [3.8, 4) is 0 Å². The van der Waals surface area contributed by atoms with Crippen molar-refractivity contribution < 1.29 is 13.5 Å². The second-order valence-corrected chi connectivity index (χ2v) is 8.21. The van der Waals surface area contributed by atoms with Gasteiger partial charge >= 0.3 is 0 Å². The van der Waals surface area contributed by atoms with E-state index in [2.05, 4.69) is 4.57 Å². The number of nitrogens with zero attached hydrogens (tertiary/aromatic N) is 1. The van der Waals surface area contributed by atoms with Crippen LogP contribution in [0.5, 0.6) is 0 Å². The normalized spacial score (nSPS) is 13.3. The highest BCUT2D eigenvalue weighted by Crippen LogP contribution is 2.29. The Kier molecular flexibility index (Phi) is 4.24. The van der Waals surface area contributed by atoms with Gasteiger partial charge in [-0.3, -0.25) is 0 Å². The van der Waals surface area contributed by atoms with Crippen LogP contribution in [-0.4, -0.2) is 24.3 Å². The van der Waals surface area contributed by atoms with Crippen LogP contribution in [-0.2, 0) is 16.4 Å². The summed E-state index contributed by atoms with van der Waals surface area (Å²) < 4.78 is 25.7. The number of aryl methyl sites for hydroxylation is 1. The molecular formula is C19H21NO3S. The average Bonchev–Trinajstić information content (AvgIpc) is 2.99. The molecule has 0 amide bonds. The Morgan fingerprint density at radius 3 is 2.58 bits per heavy atom. The second-order valence-electron chi connectivity index (χ2n) is 6.19. The molecule has 1 N–H and O–H groups in total. The van der Waals surface area contributed by atoms with Crippen LogP contribution in [0.25, 0.3) is 10.9 Å². The molecule has 0 aliphatic carbocycles. The fourth-order valence-electron chi connectivity index (χ4n) is 3.13. The summed E-state index contributed by atoms with van der Waals surface area (Å²) in [6.45, 7) is 4.06. The Balaban J connectivity index is 2.14. The van der Waals surface area contributed by atoms with Gasteiger partial charge in [0.25, 0.3) is 0 Å². The van der Waals surface area contributed by atoms with Crippen molar-refractivity contribution in [3.63, 3.8) is 0 Å². The molecule has 1 aromatic heterocycles. The molecule has 3 rings (SSSR count). The summed E-state index contributed by atoms with van der Waals surface area (Å²) in [7, 11) is -3.23. The highest BCUT2D eigenvalue weighted by Gasteiger charge is 2.16. The maximum absolute atomic E-state index is 11.8. The lowest BCUT2D eigenvalue weighted by Gasteiger charge is -2.18. The van der Waals surface area contributed by atoms with E-state index in [1.54, 1.807) is 18.2 Å². The van der Waals surface area contributed by atoms with E-state index >= 15 is 0 Å². The first-order chi connectivity index (χ1) is 11.3. The minimum absolute atomic E-state index is 0.00486. The van der Waals surface area contributed by atoms with Gasteiger partial charge in [0.2, 0.25) is 0 Å². The van der Waals surface area contributed by atoms with Crippen molar-refractivity contribution in [2.24, 2.45) is 0 Å². The molecule has 126 valence electrons. The molecular weight excluding hydrogens is 322 g/mol. The van der Waals surface area contributed by atoms with Gasteiger partial charge < -0.3 is 9.67 Å². The number of rotatable bonds is 4. The van der Waals surface area contributed by atoms with E-state index in [-0.39, 0.29) is 12.6 Å². The minimum Gasteiger partial charge on any atom is -0.392 e. The first kappa shape index (κ1) is 16.7. The number of aliphatic hydroxyl groups is 1. The molecule has 0 saturated heterocycles. The monoisotopic (exact) mass is 343 g/mol. The van der Waals surface area contributed by atoms with Crippen molar-refractivity contribution in [2.45, 2.75) is 31.4 Å². The molecule has 5 heteroatoms. The Bertz CT molecular complexity index is 1000. The summed E-state index contributed by atoms with van der Waals surface area (Å²) in [5, 5.41) is 10.6. The van der Waals surface area contributed by atoms with Crippen molar-refractivity contribution in [3.05, 3.63) is 65.4 Å². The molecule has 0 aliphatic rings. The molecule has 3 aromatic rings. The number of fused-ring (bicyclic) bond motifs is 1. The lowest BCUT2D eigenvalue weighted by molar-refractivity contribution is 0.281. The number of hydrogen-bond donors (Lipinski definition) is 1. The highest BCUT2D eigenvalue weighted by molar-refractivity contribution is 7.90. The van der Waals surface area contributed by atoms with E-state index in [0.29, 0.717) is 4.90 Å². The zero-order chi connectivity index (χ0) is 17.5. The zero-order valence-corrected chi connectivity index (χ0v) is 14.8. The largest absolute Gasteiger partial charge is 0.392 e. The van der Waals surface area contributed by atoms with Crippen molar-refractivity contribution in [1.82, 2.24) is 4.57 Å². The third-order valence-electron chi connectivity index (χ3n) is 4.60. The second kappa shape index (κ2) is 6.07. The molecule has 0 bridgehead atoms. The quantitative estimate of drug-likeness (QED) is 0.789. The van der Waals surface area contributed by atoms with Crippen LogP contribution in [0.4, 0.5) is 0 Å². The van der Waals surface area contributed by atoms with E-state index in [4.69, 9.17) is 0 Å². The fraction of sp³-hybridized carbons (Fsp3) is 0.263. The lowest BCUT2D eigenvalue weighted by Crippen LogP contribution is -2.08. The molecule has 0 fully saturated rings.